The molecule has 1 saturated heterocycles. The lowest BCUT2D eigenvalue weighted by Crippen LogP contribution is -2.52. The monoisotopic (exact) mass is 248 g/mol. The maximum absolute atomic E-state index is 11.0. The summed E-state index contributed by atoms with van der Waals surface area (Å²) < 4.78 is 0. The third kappa shape index (κ3) is 3.90. The van der Waals surface area contributed by atoms with Crippen LogP contribution >= 0.6 is 0 Å². The van der Waals surface area contributed by atoms with E-state index in [0.717, 1.165) is 0 Å². The van der Waals surface area contributed by atoms with Gasteiger partial charge in [-0.2, -0.15) is 0 Å². The van der Waals surface area contributed by atoms with E-state index >= 15 is 0 Å². The number of hydrogen-bond donors (Lipinski definition) is 5. The third-order valence-corrected chi connectivity index (χ3v) is 2.86. The Morgan fingerprint density at radius 3 is 2.47 bits per heavy atom. The fourth-order valence-corrected chi connectivity index (χ4v) is 2.01. The molecule has 1 aliphatic rings. The second kappa shape index (κ2) is 6.27. The molecule has 0 radical (unpaired) electrons. The van der Waals surface area contributed by atoms with E-state index in [4.69, 9.17) is 5.11 Å². The number of aliphatic hydroxyl groups is 4. The van der Waals surface area contributed by atoms with Crippen LogP contribution in [0.25, 0.3) is 0 Å². The molecule has 0 aromatic rings. The molecule has 7 heteroatoms. The van der Waals surface area contributed by atoms with Crippen LogP contribution in [-0.2, 0) is 4.79 Å². The maximum atomic E-state index is 11.0. The lowest BCUT2D eigenvalue weighted by molar-refractivity contribution is -0.121. The summed E-state index contributed by atoms with van der Waals surface area (Å²) in [6.07, 6.45) is -3.64. The second-order valence-corrected chi connectivity index (χ2v) is 4.34. The van der Waals surface area contributed by atoms with Gasteiger partial charge in [0.1, 0.15) is 12.2 Å². The fourth-order valence-electron chi connectivity index (χ4n) is 2.01. The molecule has 0 aliphatic carbocycles. The van der Waals surface area contributed by atoms with Gasteiger partial charge in [0, 0.05) is 26.6 Å². The van der Waals surface area contributed by atoms with E-state index < -0.39 is 24.4 Å². The van der Waals surface area contributed by atoms with Crippen LogP contribution in [0.3, 0.4) is 0 Å². The molecule has 0 aromatic carbocycles. The van der Waals surface area contributed by atoms with Gasteiger partial charge in [0.05, 0.1) is 18.8 Å². The minimum Gasteiger partial charge on any atom is -0.395 e. The minimum atomic E-state index is -1.31. The normalized spacial score (nSPS) is 35.4. The Hall–Kier alpha value is -0.730. The summed E-state index contributed by atoms with van der Waals surface area (Å²) in [6, 6.07) is -0.661. The topological polar surface area (TPSA) is 113 Å². The summed E-state index contributed by atoms with van der Waals surface area (Å²) in [5.41, 5.74) is 0. The van der Waals surface area contributed by atoms with Crippen LogP contribution in [0.5, 0.6) is 0 Å². The van der Waals surface area contributed by atoms with Gasteiger partial charge in [-0.25, -0.2) is 0 Å². The first kappa shape index (κ1) is 14.3. The molecule has 1 heterocycles. The summed E-state index contributed by atoms with van der Waals surface area (Å²) in [6.45, 7) is 1.96. The number of aliphatic hydroxyl groups excluding tert-OH is 4. The standard InChI is InChI=1S/C10H20N2O5/c1-6(14)11-7-4-12(2-3-13)5-8(15)10(17)9(7)16/h7-10,13,15-17H,2-5H2,1H3,(H,11,14)/t7-,8+,9+,10+/m0/s1. The Bertz CT molecular complexity index is 263. The van der Waals surface area contributed by atoms with E-state index in [9.17, 15) is 20.1 Å². The molecule has 0 saturated carbocycles. The molecule has 0 unspecified atom stereocenters. The molecule has 4 atom stereocenters. The summed E-state index contributed by atoms with van der Waals surface area (Å²) in [5, 5.41) is 40.5. The van der Waals surface area contributed by atoms with Crippen LogP contribution in [0, 0.1) is 0 Å². The number of likely N-dealkylation sites (tertiary alicyclic amines) is 1. The predicted octanol–water partition coefficient (Wildman–Crippen LogP) is -3.12. The van der Waals surface area contributed by atoms with Crippen LogP contribution in [-0.4, -0.2) is 81.8 Å². The van der Waals surface area contributed by atoms with Crippen LogP contribution in [0.15, 0.2) is 0 Å². The molecule has 1 rings (SSSR count). The van der Waals surface area contributed by atoms with Crippen LogP contribution in [0.4, 0.5) is 0 Å². The average Bonchev–Trinajstić information content (AvgIpc) is 2.32. The van der Waals surface area contributed by atoms with Crippen LogP contribution in [0.2, 0.25) is 0 Å². The van der Waals surface area contributed by atoms with Crippen molar-refractivity contribution in [3.05, 3.63) is 0 Å². The van der Waals surface area contributed by atoms with Crippen molar-refractivity contribution in [2.45, 2.75) is 31.3 Å². The first-order valence-corrected chi connectivity index (χ1v) is 5.60. The van der Waals surface area contributed by atoms with Gasteiger partial charge in [-0.15, -0.1) is 0 Å². The zero-order chi connectivity index (χ0) is 13.0. The second-order valence-electron chi connectivity index (χ2n) is 4.34. The Balaban J connectivity index is 2.75. The van der Waals surface area contributed by atoms with Crippen LogP contribution < -0.4 is 5.32 Å². The first-order chi connectivity index (χ1) is 7.95. The van der Waals surface area contributed by atoms with Crippen molar-refractivity contribution < 1.29 is 25.2 Å². The van der Waals surface area contributed by atoms with Crippen molar-refractivity contribution >= 4 is 5.91 Å². The molecule has 0 bridgehead atoms. The highest BCUT2D eigenvalue weighted by atomic mass is 16.4. The lowest BCUT2D eigenvalue weighted by Gasteiger charge is -2.26. The maximum Gasteiger partial charge on any atom is 0.217 e. The molecule has 0 aromatic heterocycles. The van der Waals surface area contributed by atoms with Gasteiger partial charge in [0.15, 0.2) is 0 Å². The zero-order valence-electron chi connectivity index (χ0n) is 9.78. The Morgan fingerprint density at radius 2 is 1.94 bits per heavy atom. The minimum absolute atomic E-state index is 0.0916. The summed E-state index contributed by atoms with van der Waals surface area (Å²) in [5.74, 6) is -0.318. The van der Waals surface area contributed by atoms with Gasteiger partial charge >= 0.3 is 0 Å². The van der Waals surface area contributed by atoms with Crippen LogP contribution in [0.1, 0.15) is 6.92 Å². The molecule has 100 valence electrons. The SMILES string of the molecule is CC(=O)N[C@H]1CN(CCO)C[C@@H](O)[C@@H](O)[C@@H]1O. The smallest absolute Gasteiger partial charge is 0.217 e. The molecule has 0 spiro atoms. The quantitative estimate of drug-likeness (QED) is 0.361. The molecule has 1 aliphatic heterocycles. The molecule has 1 fully saturated rings. The zero-order valence-corrected chi connectivity index (χ0v) is 9.78. The number of rotatable bonds is 3. The number of amides is 1. The largest absolute Gasteiger partial charge is 0.395 e. The van der Waals surface area contributed by atoms with E-state index in [1.807, 2.05) is 0 Å². The van der Waals surface area contributed by atoms with Gasteiger partial charge in [-0.05, 0) is 0 Å². The molecular weight excluding hydrogens is 228 g/mol. The van der Waals surface area contributed by atoms with E-state index in [1.54, 1.807) is 4.90 Å². The van der Waals surface area contributed by atoms with Crippen molar-refractivity contribution in [3.63, 3.8) is 0 Å². The number of hydrogen-bond acceptors (Lipinski definition) is 6. The number of carbonyl (C=O) groups is 1. The highest BCUT2D eigenvalue weighted by Gasteiger charge is 2.37. The van der Waals surface area contributed by atoms with E-state index in [2.05, 4.69) is 5.32 Å². The van der Waals surface area contributed by atoms with Gasteiger partial charge in [-0.1, -0.05) is 0 Å². The summed E-state index contributed by atoms with van der Waals surface area (Å²) >= 11 is 0. The number of β-amino-alcohol motifs (C(OH)–C–C–N with tert-alkyl or cyclic N) is 2. The fraction of sp³-hybridized carbons (Fsp3) is 0.900. The number of carbonyl (C=O) groups excluding carboxylic acids is 1. The lowest BCUT2D eigenvalue weighted by atomic mass is 10.0. The van der Waals surface area contributed by atoms with E-state index in [1.165, 1.54) is 6.92 Å². The van der Waals surface area contributed by atoms with Gasteiger partial charge in [0.25, 0.3) is 0 Å². The Labute approximate surface area is 99.7 Å². The Kier molecular flexibility index (Phi) is 5.29. The van der Waals surface area contributed by atoms with Crippen molar-refractivity contribution in [1.82, 2.24) is 10.2 Å². The molecular formula is C10H20N2O5. The number of nitrogens with one attached hydrogen (secondary N) is 1. The highest BCUT2D eigenvalue weighted by molar-refractivity contribution is 5.73. The molecule has 17 heavy (non-hydrogen) atoms. The third-order valence-electron chi connectivity index (χ3n) is 2.86. The van der Waals surface area contributed by atoms with Crippen molar-refractivity contribution in [1.29, 1.82) is 0 Å². The molecule has 5 N–H and O–H groups in total. The molecule has 1 amide bonds. The highest BCUT2D eigenvalue weighted by Crippen LogP contribution is 2.13. The van der Waals surface area contributed by atoms with Crippen molar-refractivity contribution in [3.8, 4) is 0 Å². The summed E-state index contributed by atoms with van der Waals surface area (Å²) in [4.78, 5) is 12.7. The number of nitrogens with zero attached hydrogens (tertiary/aromatic N) is 1. The Morgan fingerprint density at radius 1 is 1.29 bits per heavy atom. The van der Waals surface area contributed by atoms with Crippen molar-refractivity contribution in [2.75, 3.05) is 26.2 Å². The first-order valence-electron chi connectivity index (χ1n) is 5.60. The predicted molar refractivity (Wildman–Crippen MR) is 59.2 cm³/mol. The summed E-state index contributed by atoms with van der Waals surface area (Å²) in [7, 11) is 0. The van der Waals surface area contributed by atoms with Gasteiger partial charge < -0.3 is 25.7 Å². The molecule has 7 nitrogen and oxygen atoms in total. The van der Waals surface area contributed by atoms with Gasteiger partial charge in [-0.3, -0.25) is 9.69 Å². The van der Waals surface area contributed by atoms with Gasteiger partial charge in [0.2, 0.25) is 5.91 Å². The van der Waals surface area contributed by atoms with E-state index in [-0.39, 0.29) is 25.6 Å². The van der Waals surface area contributed by atoms with E-state index in [0.29, 0.717) is 6.54 Å². The van der Waals surface area contributed by atoms with Crippen molar-refractivity contribution in [2.24, 2.45) is 0 Å². The average molecular weight is 248 g/mol.